The van der Waals surface area contributed by atoms with Gasteiger partial charge >= 0.3 is 0 Å². The first kappa shape index (κ1) is 15.9. The van der Waals surface area contributed by atoms with Crippen LogP contribution in [0.25, 0.3) is 0 Å². The zero-order chi connectivity index (χ0) is 16.4. The van der Waals surface area contributed by atoms with Gasteiger partial charge < -0.3 is 14.4 Å². The molecule has 1 aromatic carbocycles. The van der Waals surface area contributed by atoms with Gasteiger partial charge in [-0.1, -0.05) is 6.07 Å². The number of amides is 1. The zero-order valence-electron chi connectivity index (χ0n) is 13.1. The number of nitro benzene ring substituents is 1. The highest BCUT2D eigenvalue weighted by molar-refractivity contribution is 5.96. The predicted octanol–water partition coefficient (Wildman–Crippen LogP) is 2.27. The Labute approximate surface area is 134 Å². The Morgan fingerprint density at radius 1 is 1.30 bits per heavy atom. The largest absolute Gasteiger partial charge is 0.348 e. The van der Waals surface area contributed by atoms with Gasteiger partial charge in [0.25, 0.3) is 11.6 Å². The molecule has 124 valence electrons. The van der Waals surface area contributed by atoms with Crippen LogP contribution < -0.4 is 0 Å². The number of carbonyl (C=O) groups is 1. The molecule has 1 amide bonds. The lowest BCUT2D eigenvalue weighted by Crippen LogP contribution is -2.50. The van der Waals surface area contributed by atoms with Gasteiger partial charge in [0.1, 0.15) is 0 Å². The summed E-state index contributed by atoms with van der Waals surface area (Å²) in [6, 6.07) is 4.49. The van der Waals surface area contributed by atoms with E-state index in [1.165, 1.54) is 6.07 Å². The van der Waals surface area contributed by atoms with E-state index in [2.05, 4.69) is 0 Å². The Morgan fingerprint density at radius 2 is 2.04 bits per heavy atom. The molecule has 0 spiro atoms. The monoisotopic (exact) mass is 320 g/mol. The Bertz CT molecular complexity index is 612. The van der Waals surface area contributed by atoms with E-state index >= 15 is 0 Å². The second kappa shape index (κ2) is 6.64. The molecular weight excluding hydrogens is 300 g/mol. The molecule has 2 aliphatic heterocycles. The molecule has 0 aromatic heterocycles. The van der Waals surface area contributed by atoms with Crippen molar-refractivity contribution in [3.05, 3.63) is 39.4 Å². The van der Waals surface area contributed by atoms with E-state index in [1.54, 1.807) is 24.0 Å². The molecule has 0 saturated carbocycles. The minimum atomic E-state index is -0.455. The highest BCUT2D eigenvalue weighted by Gasteiger charge is 2.37. The average Bonchev–Trinajstić information content (AvgIpc) is 3.08. The number of rotatable bonds is 3. The first-order valence-electron chi connectivity index (χ1n) is 7.88. The van der Waals surface area contributed by atoms with Gasteiger partial charge in [-0.05, 0) is 32.3 Å². The molecule has 23 heavy (non-hydrogen) atoms. The van der Waals surface area contributed by atoms with Crippen molar-refractivity contribution >= 4 is 11.6 Å². The van der Waals surface area contributed by atoms with Crippen LogP contribution in [-0.2, 0) is 9.47 Å². The zero-order valence-corrected chi connectivity index (χ0v) is 13.1. The van der Waals surface area contributed by atoms with Crippen molar-refractivity contribution in [1.82, 2.24) is 4.90 Å². The molecule has 2 saturated heterocycles. The van der Waals surface area contributed by atoms with E-state index < -0.39 is 11.2 Å². The molecule has 7 heteroatoms. The standard InChI is InChI=1S/C16H20N2O5/c1-11-12(5-4-7-13(11)18(20)21)15(19)17-8-3-2-6-14(17)16-22-9-10-23-16/h4-5,7,14,16H,2-3,6,8-10H2,1H3. The first-order chi connectivity index (χ1) is 11.1. The summed E-state index contributed by atoms with van der Waals surface area (Å²) in [6.07, 6.45) is 2.37. The summed E-state index contributed by atoms with van der Waals surface area (Å²) in [5.41, 5.74) is 0.752. The van der Waals surface area contributed by atoms with Gasteiger partial charge in [-0.15, -0.1) is 0 Å². The second-order valence-corrected chi connectivity index (χ2v) is 5.88. The van der Waals surface area contributed by atoms with E-state index in [4.69, 9.17) is 9.47 Å². The fraction of sp³-hybridized carbons (Fsp3) is 0.562. The van der Waals surface area contributed by atoms with Gasteiger partial charge in [0, 0.05) is 23.7 Å². The number of nitro groups is 1. The highest BCUT2D eigenvalue weighted by atomic mass is 16.7. The van der Waals surface area contributed by atoms with E-state index in [1.807, 2.05) is 0 Å². The van der Waals surface area contributed by atoms with Crippen molar-refractivity contribution in [1.29, 1.82) is 0 Å². The molecule has 1 unspecified atom stereocenters. The van der Waals surface area contributed by atoms with Gasteiger partial charge in [-0.2, -0.15) is 0 Å². The molecule has 7 nitrogen and oxygen atoms in total. The minimum Gasteiger partial charge on any atom is -0.348 e. The van der Waals surface area contributed by atoms with Crippen LogP contribution in [-0.4, -0.2) is 47.8 Å². The molecule has 1 atom stereocenters. The number of ether oxygens (including phenoxy) is 2. The maximum Gasteiger partial charge on any atom is 0.273 e. The summed E-state index contributed by atoms with van der Waals surface area (Å²) < 4.78 is 11.2. The van der Waals surface area contributed by atoms with Crippen molar-refractivity contribution in [2.75, 3.05) is 19.8 Å². The third-order valence-electron chi connectivity index (χ3n) is 4.50. The molecular formula is C16H20N2O5. The molecule has 0 radical (unpaired) electrons. The minimum absolute atomic E-state index is 0.0298. The fourth-order valence-electron chi connectivity index (χ4n) is 3.30. The second-order valence-electron chi connectivity index (χ2n) is 5.88. The van der Waals surface area contributed by atoms with Crippen molar-refractivity contribution in [3.8, 4) is 0 Å². The van der Waals surface area contributed by atoms with Crippen LogP contribution in [0.5, 0.6) is 0 Å². The number of carbonyl (C=O) groups excluding carboxylic acids is 1. The van der Waals surface area contributed by atoms with Crippen LogP contribution in [0, 0.1) is 17.0 Å². The smallest absolute Gasteiger partial charge is 0.273 e. The number of hydrogen-bond acceptors (Lipinski definition) is 5. The molecule has 0 bridgehead atoms. The number of hydrogen-bond donors (Lipinski definition) is 0. The van der Waals surface area contributed by atoms with Gasteiger partial charge in [0.2, 0.25) is 0 Å². The van der Waals surface area contributed by atoms with E-state index in [0.29, 0.717) is 30.9 Å². The number of nitrogens with zero attached hydrogens (tertiary/aromatic N) is 2. The van der Waals surface area contributed by atoms with Crippen molar-refractivity contribution in [2.24, 2.45) is 0 Å². The quantitative estimate of drug-likeness (QED) is 0.630. The molecule has 2 fully saturated rings. The summed E-state index contributed by atoms with van der Waals surface area (Å²) in [5.74, 6) is -0.185. The SMILES string of the molecule is Cc1c(C(=O)N2CCCCC2C2OCCO2)cccc1[N+](=O)[O-]. The first-order valence-corrected chi connectivity index (χ1v) is 7.88. The van der Waals surface area contributed by atoms with Crippen LogP contribution in [0.1, 0.15) is 35.2 Å². The Hall–Kier alpha value is -1.99. The molecule has 2 aliphatic rings. The van der Waals surface area contributed by atoms with Gasteiger partial charge in [0.05, 0.1) is 24.2 Å². The normalized spacial score (nSPS) is 22.3. The van der Waals surface area contributed by atoms with Gasteiger partial charge in [-0.25, -0.2) is 0 Å². The lowest BCUT2D eigenvalue weighted by Gasteiger charge is -2.38. The molecule has 1 aromatic rings. The van der Waals surface area contributed by atoms with Crippen molar-refractivity contribution in [2.45, 2.75) is 38.5 Å². The summed E-state index contributed by atoms with van der Waals surface area (Å²) in [5, 5.41) is 11.1. The summed E-state index contributed by atoms with van der Waals surface area (Å²) in [6.45, 7) is 3.32. The van der Waals surface area contributed by atoms with Crippen LogP contribution in [0.4, 0.5) is 5.69 Å². The predicted molar refractivity (Wildman–Crippen MR) is 82.2 cm³/mol. The van der Waals surface area contributed by atoms with E-state index in [9.17, 15) is 14.9 Å². The molecule has 0 N–H and O–H groups in total. The Kier molecular flexibility index (Phi) is 4.58. The average molecular weight is 320 g/mol. The maximum absolute atomic E-state index is 13.0. The Morgan fingerprint density at radius 3 is 2.74 bits per heavy atom. The number of piperidine rings is 1. The van der Waals surface area contributed by atoms with Crippen molar-refractivity contribution < 1.29 is 19.2 Å². The third-order valence-corrected chi connectivity index (χ3v) is 4.50. The highest BCUT2D eigenvalue weighted by Crippen LogP contribution is 2.28. The fourth-order valence-corrected chi connectivity index (χ4v) is 3.30. The van der Waals surface area contributed by atoms with Crippen LogP contribution >= 0.6 is 0 Å². The molecule has 3 rings (SSSR count). The van der Waals surface area contributed by atoms with Crippen LogP contribution in [0.15, 0.2) is 18.2 Å². The summed E-state index contributed by atoms with van der Waals surface area (Å²) in [4.78, 5) is 25.3. The topological polar surface area (TPSA) is 81.9 Å². The lowest BCUT2D eigenvalue weighted by molar-refractivity contribution is -0.385. The summed E-state index contributed by atoms with van der Waals surface area (Å²) >= 11 is 0. The van der Waals surface area contributed by atoms with E-state index in [0.717, 1.165) is 19.3 Å². The van der Waals surface area contributed by atoms with Gasteiger partial charge in [0.15, 0.2) is 6.29 Å². The van der Waals surface area contributed by atoms with Crippen molar-refractivity contribution in [3.63, 3.8) is 0 Å². The third kappa shape index (κ3) is 3.07. The summed E-state index contributed by atoms with van der Waals surface area (Å²) in [7, 11) is 0. The van der Waals surface area contributed by atoms with Gasteiger partial charge in [-0.3, -0.25) is 14.9 Å². The number of benzene rings is 1. The molecule has 2 heterocycles. The Balaban J connectivity index is 1.88. The van der Waals surface area contributed by atoms with Crippen LogP contribution in [0.2, 0.25) is 0 Å². The maximum atomic E-state index is 13.0. The molecule has 0 aliphatic carbocycles. The number of likely N-dealkylation sites (tertiary alicyclic amines) is 1. The van der Waals surface area contributed by atoms with Crippen LogP contribution in [0.3, 0.4) is 0 Å². The lowest BCUT2D eigenvalue weighted by atomic mass is 9.98. The van der Waals surface area contributed by atoms with E-state index in [-0.39, 0.29) is 17.6 Å².